The molecule has 0 aromatic heterocycles. The zero-order valence-electron chi connectivity index (χ0n) is 11.6. The molecule has 110 valence electrons. The second kappa shape index (κ2) is 5.65. The molecule has 0 unspecified atom stereocenters. The Kier molecular flexibility index (Phi) is 3.68. The lowest BCUT2D eigenvalue weighted by Crippen LogP contribution is -2.22. The fraction of sp³-hybridized carbons (Fsp3) is 0.0625. The number of nitrogens with zero attached hydrogens (tertiary/aromatic N) is 1. The Morgan fingerprint density at radius 2 is 1.50 bits per heavy atom. The number of fused-ring (bicyclic) bond motifs is 1. The van der Waals surface area contributed by atoms with Gasteiger partial charge in [-0.2, -0.15) is 0 Å². The van der Waals surface area contributed by atoms with Gasteiger partial charge in [0.15, 0.2) is 0 Å². The Morgan fingerprint density at radius 3 is 2.09 bits per heavy atom. The number of ether oxygens (including phenoxy) is 1. The van der Waals surface area contributed by atoms with Crippen molar-refractivity contribution in [3.05, 3.63) is 65.2 Å². The van der Waals surface area contributed by atoms with Crippen molar-refractivity contribution in [2.24, 2.45) is 0 Å². The first-order chi connectivity index (χ1) is 10.6. The van der Waals surface area contributed by atoms with E-state index < -0.39 is 5.97 Å². The number of methoxy groups -OCH3 is 1. The number of hydrogen-bond donors (Lipinski definition) is 0. The third kappa shape index (κ3) is 2.27. The predicted octanol–water partition coefficient (Wildman–Crippen LogP) is 2.78. The van der Waals surface area contributed by atoms with Gasteiger partial charge >= 0.3 is 5.97 Å². The van der Waals surface area contributed by atoms with Gasteiger partial charge in [-0.25, -0.2) is 9.10 Å². The van der Waals surface area contributed by atoms with Crippen molar-refractivity contribution in [1.82, 2.24) is 4.31 Å². The highest BCUT2D eigenvalue weighted by molar-refractivity contribution is 7.98. The lowest BCUT2D eigenvalue weighted by molar-refractivity contribution is 0.0595. The first-order valence-corrected chi connectivity index (χ1v) is 7.24. The Labute approximate surface area is 131 Å². The third-order valence-corrected chi connectivity index (χ3v) is 4.31. The molecule has 0 spiro atoms. The van der Waals surface area contributed by atoms with Crippen LogP contribution in [0.3, 0.4) is 0 Å². The molecule has 2 amide bonds. The summed E-state index contributed by atoms with van der Waals surface area (Å²) in [5.41, 5.74) is 1.05. The number of carbonyl (C=O) groups is 3. The van der Waals surface area contributed by atoms with E-state index in [4.69, 9.17) is 4.74 Å². The van der Waals surface area contributed by atoms with E-state index in [0.29, 0.717) is 21.6 Å². The van der Waals surface area contributed by atoms with E-state index in [2.05, 4.69) is 0 Å². The molecular weight excluding hydrogens is 302 g/mol. The molecule has 5 nitrogen and oxygen atoms in total. The summed E-state index contributed by atoms with van der Waals surface area (Å²) in [5.74, 6) is -1.28. The first kappa shape index (κ1) is 14.3. The maximum Gasteiger partial charge on any atom is 0.339 e. The average Bonchev–Trinajstić information content (AvgIpc) is 2.80. The van der Waals surface area contributed by atoms with E-state index in [-0.39, 0.29) is 11.8 Å². The highest BCUT2D eigenvalue weighted by Crippen LogP contribution is 2.34. The molecule has 1 aliphatic heterocycles. The number of hydrogen-bond acceptors (Lipinski definition) is 5. The summed E-state index contributed by atoms with van der Waals surface area (Å²) in [6.07, 6.45) is 0. The molecule has 6 heteroatoms. The zero-order chi connectivity index (χ0) is 15.7. The molecule has 0 saturated heterocycles. The molecule has 0 bridgehead atoms. The summed E-state index contributed by atoms with van der Waals surface area (Å²) >= 11 is 0.928. The molecule has 1 aliphatic rings. The highest BCUT2D eigenvalue weighted by Gasteiger charge is 2.36. The number of benzene rings is 2. The topological polar surface area (TPSA) is 63.7 Å². The van der Waals surface area contributed by atoms with Crippen LogP contribution in [0.5, 0.6) is 0 Å². The molecule has 0 N–H and O–H groups in total. The van der Waals surface area contributed by atoms with Crippen LogP contribution in [0.2, 0.25) is 0 Å². The van der Waals surface area contributed by atoms with E-state index in [0.717, 1.165) is 16.3 Å². The van der Waals surface area contributed by atoms with Crippen molar-refractivity contribution in [3.8, 4) is 0 Å². The minimum Gasteiger partial charge on any atom is -0.465 e. The smallest absolute Gasteiger partial charge is 0.339 e. The number of amides is 2. The molecule has 0 aliphatic carbocycles. The van der Waals surface area contributed by atoms with Crippen LogP contribution in [0, 0.1) is 0 Å². The molecule has 0 radical (unpaired) electrons. The molecule has 3 rings (SSSR count). The van der Waals surface area contributed by atoms with Crippen LogP contribution in [0.25, 0.3) is 0 Å². The van der Waals surface area contributed by atoms with Crippen molar-refractivity contribution in [2.75, 3.05) is 7.11 Å². The SMILES string of the molecule is COC(=O)c1ccccc1SN1C(=O)c2ccccc2C1=O. The summed E-state index contributed by atoms with van der Waals surface area (Å²) < 4.78 is 5.78. The predicted molar refractivity (Wildman–Crippen MR) is 80.6 cm³/mol. The van der Waals surface area contributed by atoms with Gasteiger partial charge in [0.05, 0.1) is 23.8 Å². The minimum absolute atomic E-state index is 0.312. The molecule has 0 saturated carbocycles. The monoisotopic (exact) mass is 313 g/mol. The lowest BCUT2D eigenvalue weighted by Gasteiger charge is -2.14. The quantitative estimate of drug-likeness (QED) is 0.495. The van der Waals surface area contributed by atoms with Gasteiger partial charge in [0.25, 0.3) is 11.8 Å². The van der Waals surface area contributed by atoms with Crippen molar-refractivity contribution in [2.45, 2.75) is 4.90 Å². The third-order valence-electron chi connectivity index (χ3n) is 3.24. The summed E-state index contributed by atoms with van der Waals surface area (Å²) in [6, 6.07) is 13.3. The van der Waals surface area contributed by atoms with Gasteiger partial charge in [0.2, 0.25) is 0 Å². The molecule has 0 atom stereocenters. The van der Waals surface area contributed by atoms with Gasteiger partial charge in [-0.3, -0.25) is 9.59 Å². The molecule has 0 fully saturated rings. The number of esters is 1. The maximum atomic E-state index is 12.3. The Balaban J connectivity index is 1.95. The largest absolute Gasteiger partial charge is 0.465 e. The number of imide groups is 1. The van der Waals surface area contributed by atoms with Crippen LogP contribution in [0.1, 0.15) is 31.1 Å². The van der Waals surface area contributed by atoms with Crippen LogP contribution in [0.4, 0.5) is 0 Å². The summed E-state index contributed by atoms with van der Waals surface area (Å²) in [6.45, 7) is 0. The van der Waals surface area contributed by atoms with Crippen molar-refractivity contribution in [1.29, 1.82) is 0 Å². The number of rotatable bonds is 3. The van der Waals surface area contributed by atoms with E-state index >= 15 is 0 Å². The van der Waals surface area contributed by atoms with E-state index in [1.54, 1.807) is 48.5 Å². The summed E-state index contributed by atoms with van der Waals surface area (Å²) in [5, 5.41) is 0. The van der Waals surface area contributed by atoms with Crippen molar-refractivity contribution >= 4 is 29.7 Å². The van der Waals surface area contributed by atoms with Gasteiger partial charge < -0.3 is 4.74 Å². The molecular formula is C16H11NO4S. The molecule has 22 heavy (non-hydrogen) atoms. The van der Waals surface area contributed by atoms with Gasteiger partial charge in [-0.15, -0.1) is 0 Å². The Morgan fingerprint density at radius 1 is 0.955 bits per heavy atom. The normalized spacial score (nSPS) is 13.2. The highest BCUT2D eigenvalue weighted by atomic mass is 32.2. The Bertz CT molecular complexity index is 752. The summed E-state index contributed by atoms with van der Waals surface area (Å²) in [7, 11) is 1.28. The molecule has 2 aromatic carbocycles. The second-order valence-corrected chi connectivity index (χ2v) is 5.52. The van der Waals surface area contributed by atoms with Crippen LogP contribution >= 0.6 is 11.9 Å². The van der Waals surface area contributed by atoms with Crippen LogP contribution in [-0.4, -0.2) is 29.2 Å². The van der Waals surface area contributed by atoms with E-state index in [1.807, 2.05) is 0 Å². The zero-order valence-corrected chi connectivity index (χ0v) is 12.4. The Hall–Kier alpha value is -2.60. The van der Waals surface area contributed by atoms with Crippen LogP contribution in [-0.2, 0) is 4.74 Å². The minimum atomic E-state index is -0.514. The standard InChI is InChI=1S/C16H11NO4S/c1-21-16(20)12-8-4-5-9-13(12)22-17-14(18)10-6-2-3-7-11(10)15(17)19/h2-9H,1H3. The first-order valence-electron chi connectivity index (χ1n) is 6.46. The van der Waals surface area contributed by atoms with Crippen molar-refractivity contribution < 1.29 is 19.1 Å². The van der Waals surface area contributed by atoms with Crippen molar-refractivity contribution in [3.63, 3.8) is 0 Å². The van der Waals surface area contributed by atoms with Crippen LogP contribution < -0.4 is 0 Å². The fourth-order valence-electron chi connectivity index (χ4n) is 2.17. The lowest BCUT2D eigenvalue weighted by atomic mass is 10.1. The maximum absolute atomic E-state index is 12.3. The van der Waals surface area contributed by atoms with Gasteiger partial charge in [-0.1, -0.05) is 24.3 Å². The molecule has 1 heterocycles. The van der Waals surface area contributed by atoms with E-state index in [9.17, 15) is 14.4 Å². The van der Waals surface area contributed by atoms with Gasteiger partial charge in [-0.05, 0) is 36.2 Å². The second-order valence-electron chi connectivity index (χ2n) is 4.53. The van der Waals surface area contributed by atoms with Gasteiger partial charge in [0.1, 0.15) is 0 Å². The fourth-order valence-corrected chi connectivity index (χ4v) is 3.12. The number of carbonyl (C=O) groups excluding carboxylic acids is 3. The van der Waals surface area contributed by atoms with Gasteiger partial charge in [0, 0.05) is 4.90 Å². The summed E-state index contributed by atoms with van der Waals surface area (Å²) in [4.78, 5) is 36.9. The average molecular weight is 313 g/mol. The van der Waals surface area contributed by atoms with Crippen LogP contribution in [0.15, 0.2) is 53.4 Å². The van der Waals surface area contributed by atoms with E-state index in [1.165, 1.54) is 7.11 Å². The molecule has 2 aromatic rings.